The zero-order valence-electron chi connectivity index (χ0n) is 14.6. The second kappa shape index (κ2) is 9.24. The van der Waals surface area contributed by atoms with E-state index in [2.05, 4.69) is 24.3 Å². The van der Waals surface area contributed by atoms with Crippen molar-refractivity contribution in [3.63, 3.8) is 0 Å². The maximum atomic E-state index is 12.6. The molecule has 0 saturated carbocycles. The molecule has 0 radical (unpaired) electrons. The molecule has 0 aliphatic carbocycles. The van der Waals surface area contributed by atoms with E-state index in [0.29, 0.717) is 6.42 Å². The smallest absolute Gasteiger partial charge is 0.225 e. The number of benzene rings is 2. The molecular formula is C21H27NO2. The average Bonchev–Trinajstić information content (AvgIpc) is 2.61. The van der Waals surface area contributed by atoms with Crippen molar-refractivity contribution >= 4 is 5.91 Å². The Balaban J connectivity index is 2.17. The molecule has 3 heteroatoms. The second-order valence-electron chi connectivity index (χ2n) is 6.27. The summed E-state index contributed by atoms with van der Waals surface area (Å²) in [6.07, 6.45) is 1.93. The van der Waals surface area contributed by atoms with E-state index >= 15 is 0 Å². The first-order valence-electron chi connectivity index (χ1n) is 8.64. The van der Waals surface area contributed by atoms with E-state index in [9.17, 15) is 9.90 Å². The van der Waals surface area contributed by atoms with Crippen LogP contribution in [0.5, 0.6) is 0 Å². The van der Waals surface area contributed by atoms with Gasteiger partial charge in [0.1, 0.15) is 0 Å². The summed E-state index contributed by atoms with van der Waals surface area (Å²) in [5.41, 5.74) is 2.31. The molecule has 0 bridgehead atoms. The lowest BCUT2D eigenvalue weighted by Crippen LogP contribution is -2.34. The third kappa shape index (κ3) is 5.20. The summed E-state index contributed by atoms with van der Waals surface area (Å²) in [6.45, 7) is 2.01. The van der Waals surface area contributed by atoms with Crippen LogP contribution in [-0.2, 0) is 11.2 Å². The summed E-state index contributed by atoms with van der Waals surface area (Å²) in [5.74, 6) is -0.0132. The third-order valence-electron chi connectivity index (χ3n) is 4.35. The fourth-order valence-corrected chi connectivity index (χ4v) is 2.95. The molecule has 3 nitrogen and oxygen atoms in total. The Morgan fingerprint density at radius 1 is 1.04 bits per heavy atom. The maximum Gasteiger partial charge on any atom is 0.225 e. The van der Waals surface area contributed by atoms with E-state index in [4.69, 9.17) is 0 Å². The summed E-state index contributed by atoms with van der Waals surface area (Å²) < 4.78 is 0. The number of aliphatic hydroxyl groups is 1. The Hall–Kier alpha value is -2.13. The van der Waals surface area contributed by atoms with Crippen LogP contribution in [0.15, 0.2) is 60.7 Å². The molecule has 0 aromatic heterocycles. The molecule has 1 amide bonds. The number of carbonyl (C=O) groups is 1. The highest BCUT2D eigenvalue weighted by Gasteiger charge is 2.23. The molecule has 0 saturated heterocycles. The number of amides is 1. The zero-order valence-corrected chi connectivity index (χ0v) is 14.6. The first-order chi connectivity index (χ1) is 11.6. The summed E-state index contributed by atoms with van der Waals surface area (Å²) in [4.78, 5) is 14.4. The lowest BCUT2D eigenvalue weighted by Gasteiger charge is -2.30. The molecule has 1 N–H and O–H groups in total. The van der Waals surface area contributed by atoms with E-state index in [1.807, 2.05) is 50.4 Å². The van der Waals surface area contributed by atoms with Gasteiger partial charge in [0.15, 0.2) is 0 Å². The van der Waals surface area contributed by atoms with Crippen molar-refractivity contribution in [2.24, 2.45) is 0 Å². The van der Waals surface area contributed by atoms with Crippen LogP contribution in [0, 0.1) is 0 Å². The van der Waals surface area contributed by atoms with Crippen LogP contribution in [-0.4, -0.2) is 29.1 Å². The minimum absolute atomic E-state index is 0.0132. The molecule has 0 unspecified atom stereocenters. The normalized spacial score (nSPS) is 13.3. The van der Waals surface area contributed by atoms with Crippen LogP contribution >= 0.6 is 0 Å². The fourth-order valence-electron chi connectivity index (χ4n) is 2.95. The Morgan fingerprint density at radius 3 is 2.21 bits per heavy atom. The fraction of sp³-hybridized carbons (Fsp3) is 0.381. The van der Waals surface area contributed by atoms with Gasteiger partial charge in [0.05, 0.1) is 18.6 Å². The molecule has 0 fully saturated rings. The third-order valence-corrected chi connectivity index (χ3v) is 4.35. The Morgan fingerprint density at radius 2 is 1.62 bits per heavy atom. The van der Waals surface area contributed by atoms with Gasteiger partial charge in [0.25, 0.3) is 0 Å². The number of aliphatic hydroxyl groups excluding tert-OH is 1. The van der Waals surface area contributed by atoms with Crippen molar-refractivity contribution in [3.8, 4) is 0 Å². The van der Waals surface area contributed by atoms with E-state index in [-0.39, 0.29) is 18.4 Å². The Kier molecular flexibility index (Phi) is 7.01. The minimum Gasteiger partial charge on any atom is -0.393 e. The number of hydrogen-bond acceptors (Lipinski definition) is 2. The highest BCUT2D eigenvalue weighted by Crippen LogP contribution is 2.25. The highest BCUT2D eigenvalue weighted by molar-refractivity contribution is 5.77. The molecule has 0 heterocycles. The van der Waals surface area contributed by atoms with Crippen molar-refractivity contribution in [1.82, 2.24) is 4.90 Å². The molecule has 2 atom stereocenters. The number of rotatable bonds is 8. The van der Waals surface area contributed by atoms with Crippen molar-refractivity contribution < 1.29 is 9.90 Å². The van der Waals surface area contributed by atoms with Gasteiger partial charge >= 0.3 is 0 Å². The van der Waals surface area contributed by atoms with Crippen molar-refractivity contribution in [2.75, 3.05) is 7.05 Å². The predicted molar refractivity (Wildman–Crippen MR) is 97.6 cm³/mol. The number of carbonyl (C=O) groups excluding carboxylic acids is 1. The standard InChI is InChI=1S/C21H27NO2/c1-3-10-19(23)16-21(24)22(2)20(18-13-8-5-9-14-18)15-17-11-6-4-7-12-17/h4-9,11-14,19-20,23H,3,10,15-16H2,1-2H3/t19-,20+/m1/s1. The Bertz CT molecular complexity index is 612. The number of likely N-dealkylation sites (N-methyl/N-ethyl adjacent to an activating group) is 1. The SMILES string of the molecule is CCC[C@@H](O)CC(=O)N(C)[C@@H](Cc1ccccc1)c1ccccc1. The lowest BCUT2D eigenvalue weighted by molar-refractivity contribution is -0.134. The van der Waals surface area contributed by atoms with Crippen LogP contribution in [0.1, 0.15) is 43.4 Å². The molecule has 0 spiro atoms. The molecular weight excluding hydrogens is 298 g/mol. The second-order valence-corrected chi connectivity index (χ2v) is 6.27. The van der Waals surface area contributed by atoms with Crippen LogP contribution in [0.4, 0.5) is 0 Å². The summed E-state index contributed by atoms with van der Waals surface area (Å²) >= 11 is 0. The van der Waals surface area contributed by atoms with Gasteiger partial charge < -0.3 is 10.0 Å². The molecule has 128 valence electrons. The van der Waals surface area contributed by atoms with E-state index in [1.165, 1.54) is 5.56 Å². The van der Waals surface area contributed by atoms with Gasteiger partial charge in [-0.1, -0.05) is 74.0 Å². The first kappa shape index (κ1) is 18.2. The summed E-state index contributed by atoms with van der Waals surface area (Å²) in [6, 6.07) is 20.3. The van der Waals surface area contributed by atoms with Gasteiger partial charge in [-0.05, 0) is 24.0 Å². The van der Waals surface area contributed by atoms with E-state index < -0.39 is 6.10 Å². The Labute approximate surface area is 144 Å². The first-order valence-corrected chi connectivity index (χ1v) is 8.64. The molecule has 2 aromatic carbocycles. The monoisotopic (exact) mass is 325 g/mol. The highest BCUT2D eigenvalue weighted by atomic mass is 16.3. The number of hydrogen-bond donors (Lipinski definition) is 1. The van der Waals surface area contributed by atoms with Crippen molar-refractivity contribution in [1.29, 1.82) is 0 Å². The summed E-state index contributed by atoms with van der Waals surface area (Å²) in [7, 11) is 1.83. The van der Waals surface area contributed by atoms with Gasteiger partial charge in [-0.15, -0.1) is 0 Å². The van der Waals surface area contributed by atoms with E-state index in [0.717, 1.165) is 18.4 Å². The van der Waals surface area contributed by atoms with Gasteiger partial charge in [-0.2, -0.15) is 0 Å². The predicted octanol–water partition coefficient (Wildman–Crippen LogP) is 3.98. The minimum atomic E-state index is -0.557. The quantitative estimate of drug-likeness (QED) is 0.797. The van der Waals surface area contributed by atoms with E-state index in [1.54, 1.807) is 4.90 Å². The zero-order chi connectivity index (χ0) is 17.4. The molecule has 2 aromatic rings. The molecule has 2 rings (SSSR count). The van der Waals surface area contributed by atoms with Gasteiger partial charge in [0.2, 0.25) is 5.91 Å². The van der Waals surface area contributed by atoms with Crippen LogP contribution in [0.2, 0.25) is 0 Å². The largest absolute Gasteiger partial charge is 0.393 e. The maximum absolute atomic E-state index is 12.6. The number of nitrogens with zero attached hydrogens (tertiary/aromatic N) is 1. The molecule has 0 aliphatic heterocycles. The summed E-state index contributed by atoms with van der Waals surface area (Å²) in [5, 5.41) is 9.96. The van der Waals surface area contributed by atoms with Gasteiger partial charge in [-0.3, -0.25) is 4.79 Å². The van der Waals surface area contributed by atoms with Crippen LogP contribution < -0.4 is 0 Å². The van der Waals surface area contributed by atoms with Gasteiger partial charge in [-0.25, -0.2) is 0 Å². The van der Waals surface area contributed by atoms with Crippen molar-refractivity contribution in [3.05, 3.63) is 71.8 Å². The topological polar surface area (TPSA) is 40.5 Å². The van der Waals surface area contributed by atoms with Gasteiger partial charge in [0, 0.05) is 7.05 Å². The molecule has 24 heavy (non-hydrogen) atoms. The molecule has 0 aliphatic rings. The van der Waals surface area contributed by atoms with Crippen LogP contribution in [0.3, 0.4) is 0 Å². The average molecular weight is 325 g/mol. The van der Waals surface area contributed by atoms with Crippen molar-refractivity contribution in [2.45, 2.75) is 44.8 Å². The lowest BCUT2D eigenvalue weighted by atomic mass is 9.97. The van der Waals surface area contributed by atoms with Crippen LogP contribution in [0.25, 0.3) is 0 Å².